The van der Waals surface area contributed by atoms with E-state index in [1.165, 1.54) is 18.4 Å². The van der Waals surface area contributed by atoms with Gasteiger partial charge in [-0.25, -0.2) is 4.98 Å². The molecular formula is C25H32N2O3. The second kappa shape index (κ2) is 9.50. The Morgan fingerprint density at radius 1 is 1.20 bits per heavy atom. The lowest BCUT2D eigenvalue weighted by Gasteiger charge is -2.20. The van der Waals surface area contributed by atoms with Gasteiger partial charge in [0.05, 0.1) is 13.2 Å². The van der Waals surface area contributed by atoms with Gasteiger partial charge in [-0.1, -0.05) is 26.0 Å². The lowest BCUT2D eigenvalue weighted by Crippen LogP contribution is -2.24. The number of hydrogen-bond acceptors (Lipinski definition) is 5. The van der Waals surface area contributed by atoms with E-state index in [0.717, 1.165) is 49.4 Å². The zero-order valence-corrected chi connectivity index (χ0v) is 18.0. The number of benzene rings is 1. The fourth-order valence-corrected chi connectivity index (χ4v) is 3.89. The van der Waals surface area contributed by atoms with Crippen molar-refractivity contribution in [3.8, 4) is 11.6 Å². The third-order valence-corrected chi connectivity index (χ3v) is 6.07. The zero-order valence-electron chi connectivity index (χ0n) is 18.0. The predicted octanol–water partition coefficient (Wildman–Crippen LogP) is 5.00. The first-order valence-electron chi connectivity index (χ1n) is 11.2. The molecule has 160 valence electrons. The van der Waals surface area contributed by atoms with Crippen LogP contribution in [0, 0.1) is 5.92 Å². The minimum absolute atomic E-state index is 0.166. The molecular weight excluding hydrogens is 376 g/mol. The molecule has 2 aliphatic rings. The van der Waals surface area contributed by atoms with Crippen LogP contribution in [0.1, 0.15) is 57.4 Å². The van der Waals surface area contributed by atoms with Crippen LogP contribution in [0.25, 0.3) is 0 Å². The summed E-state index contributed by atoms with van der Waals surface area (Å²) in [5.74, 6) is 2.89. The van der Waals surface area contributed by atoms with E-state index in [9.17, 15) is 4.79 Å². The molecule has 1 aromatic carbocycles. The van der Waals surface area contributed by atoms with Crippen molar-refractivity contribution in [1.82, 2.24) is 4.98 Å². The highest BCUT2D eigenvalue weighted by Gasteiger charge is 2.25. The molecule has 1 saturated heterocycles. The van der Waals surface area contributed by atoms with Gasteiger partial charge < -0.3 is 14.4 Å². The van der Waals surface area contributed by atoms with Crippen molar-refractivity contribution < 1.29 is 14.3 Å². The highest BCUT2D eigenvalue weighted by Crippen LogP contribution is 2.30. The largest absolute Gasteiger partial charge is 0.489 e. The van der Waals surface area contributed by atoms with Crippen LogP contribution < -0.4 is 14.4 Å². The molecule has 1 aliphatic carbocycles. The number of hydrogen-bond donors (Lipinski definition) is 0. The van der Waals surface area contributed by atoms with E-state index < -0.39 is 0 Å². The monoisotopic (exact) mass is 408 g/mol. The van der Waals surface area contributed by atoms with Crippen LogP contribution in [-0.2, 0) is 4.79 Å². The van der Waals surface area contributed by atoms with Crippen molar-refractivity contribution in [3.05, 3.63) is 48.2 Å². The van der Waals surface area contributed by atoms with E-state index in [1.807, 2.05) is 37.4 Å². The molecule has 2 atom stereocenters. The van der Waals surface area contributed by atoms with E-state index >= 15 is 0 Å². The van der Waals surface area contributed by atoms with Gasteiger partial charge in [0.2, 0.25) is 5.88 Å². The Morgan fingerprint density at radius 2 is 2.00 bits per heavy atom. The standard InChI is InChI=1S/C25H32N2O3/c1-3-22(28)14-18(2)20-6-8-23(9-7-20)30-24-11-13-27(16-24)21-10-12-26-25(15-21)29-17-19-4-5-19/h6-10,12,15,18-19,24H,3-5,11,13-14,16-17H2,1-2H3/t18-,24?/m1/s1. The molecule has 1 aliphatic heterocycles. The maximum Gasteiger partial charge on any atom is 0.215 e. The molecule has 2 aromatic rings. The topological polar surface area (TPSA) is 51.7 Å². The van der Waals surface area contributed by atoms with Gasteiger partial charge in [0.15, 0.2) is 0 Å². The fourth-order valence-electron chi connectivity index (χ4n) is 3.89. The van der Waals surface area contributed by atoms with E-state index in [2.05, 4.69) is 28.9 Å². The number of nitrogens with zero attached hydrogens (tertiary/aromatic N) is 2. The summed E-state index contributed by atoms with van der Waals surface area (Å²) in [7, 11) is 0. The van der Waals surface area contributed by atoms with Crippen LogP contribution in [0.2, 0.25) is 0 Å². The summed E-state index contributed by atoms with van der Waals surface area (Å²) in [6.07, 6.45) is 6.75. The molecule has 5 heteroatoms. The molecule has 1 unspecified atom stereocenters. The molecule has 0 amide bonds. The highest BCUT2D eigenvalue weighted by molar-refractivity contribution is 5.78. The van der Waals surface area contributed by atoms with Crippen molar-refractivity contribution in [2.24, 2.45) is 5.92 Å². The summed E-state index contributed by atoms with van der Waals surface area (Å²) in [6.45, 7) is 6.63. The van der Waals surface area contributed by atoms with Crippen molar-refractivity contribution in [3.63, 3.8) is 0 Å². The zero-order chi connectivity index (χ0) is 20.9. The Balaban J connectivity index is 1.29. The average molecular weight is 409 g/mol. The van der Waals surface area contributed by atoms with Crippen molar-refractivity contribution >= 4 is 11.5 Å². The van der Waals surface area contributed by atoms with Gasteiger partial charge in [-0.15, -0.1) is 0 Å². The van der Waals surface area contributed by atoms with Crippen molar-refractivity contribution in [1.29, 1.82) is 0 Å². The van der Waals surface area contributed by atoms with Crippen LogP contribution in [0.15, 0.2) is 42.6 Å². The number of Topliss-reactive ketones (excluding diaryl/α,β-unsaturated/α-hetero) is 1. The molecule has 2 fully saturated rings. The number of anilines is 1. The highest BCUT2D eigenvalue weighted by atomic mass is 16.5. The Labute approximate surface area is 179 Å². The molecule has 5 nitrogen and oxygen atoms in total. The second-order valence-electron chi connectivity index (χ2n) is 8.65. The Morgan fingerprint density at radius 3 is 2.73 bits per heavy atom. The first kappa shape index (κ1) is 20.7. The average Bonchev–Trinajstić information content (AvgIpc) is 3.49. The lowest BCUT2D eigenvalue weighted by molar-refractivity contribution is -0.119. The smallest absolute Gasteiger partial charge is 0.215 e. The van der Waals surface area contributed by atoms with Crippen LogP contribution in [0.5, 0.6) is 11.6 Å². The first-order valence-corrected chi connectivity index (χ1v) is 11.2. The van der Waals surface area contributed by atoms with Crippen molar-refractivity contribution in [2.45, 2.75) is 58.0 Å². The molecule has 0 bridgehead atoms. The Bertz CT molecular complexity index is 848. The molecule has 2 heterocycles. The number of ether oxygens (including phenoxy) is 2. The lowest BCUT2D eigenvalue weighted by atomic mass is 9.95. The molecule has 1 aromatic heterocycles. The maximum atomic E-state index is 11.7. The third kappa shape index (κ3) is 5.53. The molecule has 1 saturated carbocycles. The SMILES string of the molecule is CCC(=O)C[C@@H](C)c1ccc(OC2CCN(c3ccnc(OCC4CC4)c3)C2)cc1. The summed E-state index contributed by atoms with van der Waals surface area (Å²) < 4.78 is 12.1. The Kier molecular flexibility index (Phi) is 6.56. The molecule has 30 heavy (non-hydrogen) atoms. The van der Waals surface area contributed by atoms with E-state index in [1.54, 1.807) is 0 Å². The number of aromatic nitrogens is 1. The summed E-state index contributed by atoms with van der Waals surface area (Å²) in [5, 5.41) is 0. The van der Waals surface area contributed by atoms with Gasteiger partial charge in [-0.2, -0.15) is 0 Å². The van der Waals surface area contributed by atoms with Gasteiger partial charge in [0, 0.05) is 43.8 Å². The second-order valence-corrected chi connectivity index (χ2v) is 8.65. The normalized spacial score (nSPS) is 19.5. The molecule has 4 rings (SSSR count). The number of carbonyl (C=O) groups is 1. The molecule has 0 spiro atoms. The fraction of sp³-hybridized carbons (Fsp3) is 0.520. The van der Waals surface area contributed by atoms with Crippen molar-refractivity contribution in [2.75, 3.05) is 24.6 Å². The number of rotatable bonds is 10. The summed E-state index contributed by atoms with van der Waals surface area (Å²) in [5.41, 5.74) is 2.33. The van der Waals surface area contributed by atoms with E-state index in [4.69, 9.17) is 9.47 Å². The number of ketones is 1. The summed E-state index contributed by atoms with van der Waals surface area (Å²) in [6, 6.07) is 12.3. The van der Waals surface area contributed by atoms with E-state index in [0.29, 0.717) is 18.6 Å². The minimum atomic E-state index is 0.166. The van der Waals surface area contributed by atoms with E-state index in [-0.39, 0.29) is 12.0 Å². The van der Waals surface area contributed by atoms with Crippen LogP contribution in [0.4, 0.5) is 5.69 Å². The van der Waals surface area contributed by atoms with Crippen LogP contribution in [-0.4, -0.2) is 36.6 Å². The quantitative estimate of drug-likeness (QED) is 0.554. The summed E-state index contributed by atoms with van der Waals surface area (Å²) >= 11 is 0. The van der Waals surface area contributed by atoms with Gasteiger partial charge in [0.25, 0.3) is 0 Å². The summed E-state index contributed by atoms with van der Waals surface area (Å²) in [4.78, 5) is 18.4. The Hall–Kier alpha value is -2.56. The van der Waals surface area contributed by atoms with Gasteiger partial charge in [0.1, 0.15) is 17.6 Å². The predicted molar refractivity (Wildman–Crippen MR) is 118 cm³/mol. The molecule has 0 radical (unpaired) electrons. The number of pyridine rings is 1. The maximum absolute atomic E-state index is 11.7. The van der Waals surface area contributed by atoms with Crippen LogP contribution >= 0.6 is 0 Å². The van der Waals surface area contributed by atoms with Gasteiger partial charge in [-0.05, 0) is 48.4 Å². The minimum Gasteiger partial charge on any atom is -0.489 e. The van der Waals surface area contributed by atoms with Gasteiger partial charge in [-0.3, -0.25) is 4.79 Å². The molecule has 0 N–H and O–H groups in total. The first-order chi connectivity index (χ1) is 14.6. The van der Waals surface area contributed by atoms with Gasteiger partial charge >= 0.3 is 0 Å². The number of carbonyl (C=O) groups excluding carboxylic acids is 1. The third-order valence-electron chi connectivity index (χ3n) is 6.07. The van der Waals surface area contributed by atoms with Crippen LogP contribution in [0.3, 0.4) is 0 Å².